The fourth-order valence-electron chi connectivity index (χ4n) is 2.19. The van der Waals surface area contributed by atoms with Gasteiger partial charge < -0.3 is 9.88 Å². The van der Waals surface area contributed by atoms with Crippen molar-refractivity contribution in [3.05, 3.63) is 57.2 Å². The van der Waals surface area contributed by atoms with Gasteiger partial charge in [0.1, 0.15) is 5.56 Å². The molecule has 1 amide bonds. The third kappa shape index (κ3) is 4.42. The van der Waals surface area contributed by atoms with Crippen LogP contribution in [0.4, 0.5) is 5.69 Å². The van der Waals surface area contributed by atoms with Gasteiger partial charge in [-0.15, -0.1) is 0 Å². The van der Waals surface area contributed by atoms with E-state index in [-0.39, 0.29) is 11.1 Å². The Labute approximate surface area is 140 Å². The van der Waals surface area contributed by atoms with Gasteiger partial charge in [0.2, 0.25) is 0 Å². The van der Waals surface area contributed by atoms with Gasteiger partial charge in [0.05, 0.1) is 16.9 Å². The van der Waals surface area contributed by atoms with E-state index in [1.807, 2.05) is 0 Å². The van der Waals surface area contributed by atoms with Crippen molar-refractivity contribution in [2.75, 3.05) is 5.32 Å². The normalized spacial score (nSPS) is 10.8. The monoisotopic (exact) mass is 333 g/mol. The summed E-state index contributed by atoms with van der Waals surface area (Å²) in [6.07, 6.45) is 5.57. The number of nitrogens with one attached hydrogen (secondary N) is 1. The fourth-order valence-corrected chi connectivity index (χ4v) is 2.36. The zero-order chi connectivity index (χ0) is 17.0. The van der Waals surface area contributed by atoms with E-state index in [4.69, 9.17) is 11.6 Å². The Hall–Kier alpha value is -2.14. The number of hydrogen-bond donors (Lipinski definition) is 1. The molecule has 0 saturated carbocycles. The lowest BCUT2D eigenvalue weighted by atomic mass is 10.1. The molecule has 0 aliphatic heterocycles. The first-order valence-corrected chi connectivity index (χ1v) is 7.88. The van der Waals surface area contributed by atoms with Crippen molar-refractivity contribution in [1.82, 2.24) is 9.55 Å². The number of hydrogen-bond acceptors (Lipinski definition) is 3. The van der Waals surface area contributed by atoms with Crippen molar-refractivity contribution in [2.45, 2.75) is 33.7 Å². The molecule has 5 nitrogen and oxygen atoms in total. The summed E-state index contributed by atoms with van der Waals surface area (Å²) in [6.45, 7) is 6.53. The van der Waals surface area contributed by atoms with Crippen LogP contribution in [0, 0.1) is 12.8 Å². The Morgan fingerprint density at radius 1 is 1.39 bits per heavy atom. The standard InChI is InChI=1S/C17H20ClN3O2/c1-11(2)4-6-21-7-5-12(3)15(17(21)23)16(22)20-14-8-13(18)9-19-10-14/h5,7-11H,4,6H2,1-3H3,(H,20,22). The molecule has 0 aliphatic rings. The minimum absolute atomic E-state index is 0.149. The predicted molar refractivity (Wildman–Crippen MR) is 92.1 cm³/mol. The summed E-state index contributed by atoms with van der Waals surface area (Å²) in [4.78, 5) is 28.9. The maximum Gasteiger partial charge on any atom is 0.263 e. The van der Waals surface area contributed by atoms with Crippen LogP contribution < -0.4 is 10.9 Å². The van der Waals surface area contributed by atoms with E-state index >= 15 is 0 Å². The Morgan fingerprint density at radius 2 is 2.13 bits per heavy atom. The molecule has 2 aromatic heterocycles. The zero-order valence-corrected chi connectivity index (χ0v) is 14.2. The molecule has 1 N–H and O–H groups in total. The van der Waals surface area contributed by atoms with Crippen molar-refractivity contribution in [3.63, 3.8) is 0 Å². The second-order valence-corrected chi connectivity index (χ2v) is 6.34. The molecule has 6 heteroatoms. The quantitative estimate of drug-likeness (QED) is 0.910. The van der Waals surface area contributed by atoms with Crippen LogP contribution in [0.1, 0.15) is 36.2 Å². The molecule has 0 fully saturated rings. The first kappa shape index (κ1) is 17.2. The zero-order valence-electron chi connectivity index (χ0n) is 13.5. The van der Waals surface area contributed by atoms with Crippen LogP contribution in [0.5, 0.6) is 0 Å². The molecular formula is C17H20ClN3O2. The summed E-state index contributed by atoms with van der Waals surface area (Å²) in [5, 5.41) is 3.09. The highest BCUT2D eigenvalue weighted by atomic mass is 35.5. The molecule has 0 aromatic carbocycles. The Bertz CT molecular complexity index is 769. The second-order valence-electron chi connectivity index (χ2n) is 5.90. The van der Waals surface area contributed by atoms with Crippen molar-refractivity contribution >= 4 is 23.2 Å². The lowest BCUT2D eigenvalue weighted by molar-refractivity contribution is 0.102. The maximum absolute atomic E-state index is 12.6. The van der Waals surface area contributed by atoms with Crippen molar-refractivity contribution < 1.29 is 4.79 Å². The lowest BCUT2D eigenvalue weighted by Crippen LogP contribution is -2.30. The number of pyridine rings is 2. The summed E-state index contributed by atoms with van der Waals surface area (Å²) in [7, 11) is 0. The van der Waals surface area contributed by atoms with Gasteiger partial charge in [0.15, 0.2) is 0 Å². The minimum atomic E-state index is -0.449. The number of rotatable bonds is 5. The predicted octanol–water partition coefficient (Wildman–Crippen LogP) is 3.50. The SMILES string of the molecule is Cc1ccn(CCC(C)C)c(=O)c1C(=O)Nc1cncc(Cl)c1. The van der Waals surface area contributed by atoms with E-state index < -0.39 is 5.91 Å². The van der Waals surface area contributed by atoms with Gasteiger partial charge >= 0.3 is 0 Å². The molecule has 0 bridgehead atoms. The van der Waals surface area contributed by atoms with Crippen molar-refractivity contribution in [2.24, 2.45) is 5.92 Å². The van der Waals surface area contributed by atoms with E-state index in [1.165, 1.54) is 12.4 Å². The molecule has 2 aromatic rings. The fraction of sp³-hybridized carbons (Fsp3) is 0.353. The molecule has 0 saturated heterocycles. The van der Waals surface area contributed by atoms with E-state index in [0.717, 1.165) is 6.42 Å². The molecule has 0 radical (unpaired) electrons. The van der Waals surface area contributed by atoms with E-state index in [9.17, 15) is 9.59 Å². The van der Waals surface area contributed by atoms with Gasteiger partial charge in [0, 0.05) is 18.9 Å². The number of halogens is 1. The molecule has 0 unspecified atom stereocenters. The third-order valence-electron chi connectivity index (χ3n) is 3.51. The van der Waals surface area contributed by atoms with Crippen LogP contribution in [0.15, 0.2) is 35.5 Å². The molecule has 23 heavy (non-hydrogen) atoms. The van der Waals surface area contributed by atoms with Gasteiger partial charge in [-0.3, -0.25) is 14.6 Å². The first-order valence-electron chi connectivity index (χ1n) is 7.50. The number of carbonyl (C=O) groups excluding carboxylic acids is 1. The van der Waals surface area contributed by atoms with E-state index in [0.29, 0.717) is 28.7 Å². The van der Waals surface area contributed by atoms with E-state index in [1.54, 1.807) is 29.8 Å². The Morgan fingerprint density at radius 3 is 2.78 bits per heavy atom. The summed E-state index contributed by atoms with van der Waals surface area (Å²) < 4.78 is 1.58. The van der Waals surface area contributed by atoms with Crippen LogP contribution in [0.2, 0.25) is 5.02 Å². The second kappa shape index (κ2) is 7.42. The van der Waals surface area contributed by atoms with Crippen LogP contribution in [0.25, 0.3) is 0 Å². The lowest BCUT2D eigenvalue weighted by Gasteiger charge is -2.12. The smallest absolute Gasteiger partial charge is 0.263 e. The van der Waals surface area contributed by atoms with E-state index in [2.05, 4.69) is 24.1 Å². The highest BCUT2D eigenvalue weighted by Crippen LogP contribution is 2.14. The van der Waals surface area contributed by atoms with Crippen LogP contribution in [0.3, 0.4) is 0 Å². The Kier molecular flexibility index (Phi) is 5.55. The van der Waals surface area contributed by atoms with Gasteiger partial charge in [-0.1, -0.05) is 25.4 Å². The van der Waals surface area contributed by atoms with Crippen LogP contribution in [-0.4, -0.2) is 15.5 Å². The molecule has 0 aliphatic carbocycles. The topological polar surface area (TPSA) is 64.0 Å². The third-order valence-corrected chi connectivity index (χ3v) is 3.72. The molecule has 0 atom stereocenters. The number of anilines is 1. The summed E-state index contributed by atoms with van der Waals surface area (Å²) in [6, 6.07) is 3.37. The van der Waals surface area contributed by atoms with Gasteiger partial charge in [0.25, 0.3) is 11.5 Å². The van der Waals surface area contributed by atoms with Crippen molar-refractivity contribution in [1.29, 1.82) is 0 Å². The average Bonchev–Trinajstić information content (AvgIpc) is 2.46. The van der Waals surface area contributed by atoms with Gasteiger partial charge in [-0.2, -0.15) is 0 Å². The number of carbonyl (C=O) groups is 1. The van der Waals surface area contributed by atoms with Crippen LogP contribution in [-0.2, 0) is 6.54 Å². The molecular weight excluding hydrogens is 314 g/mol. The summed E-state index contributed by atoms with van der Waals surface area (Å²) >= 11 is 5.85. The first-order chi connectivity index (χ1) is 10.9. The Balaban J connectivity index is 2.29. The molecule has 122 valence electrons. The van der Waals surface area contributed by atoms with Gasteiger partial charge in [-0.25, -0.2) is 0 Å². The number of amides is 1. The summed E-state index contributed by atoms with van der Waals surface area (Å²) in [5.74, 6) is 0.0356. The number of aryl methyl sites for hydroxylation is 2. The highest BCUT2D eigenvalue weighted by Gasteiger charge is 2.16. The minimum Gasteiger partial charge on any atom is -0.320 e. The maximum atomic E-state index is 12.6. The average molecular weight is 334 g/mol. The highest BCUT2D eigenvalue weighted by molar-refractivity contribution is 6.30. The molecule has 2 rings (SSSR count). The van der Waals surface area contributed by atoms with Crippen LogP contribution >= 0.6 is 11.6 Å². The van der Waals surface area contributed by atoms with Crippen molar-refractivity contribution in [3.8, 4) is 0 Å². The summed E-state index contributed by atoms with van der Waals surface area (Å²) in [5.41, 5.74) is 0.969. The largest absolute Gasteiger partial charge is 0.320 e. The number of nitrogens with zero attached hydrogens (tertiary/aromatic N) is 2. The molecule has 0 spiro atoms. The molecule has 2 heterocycles. The number of aromatic nitrogens is 2. The van der Waals surface area contributed by atoms with Gasteiger partial charge in [-0.05, 0) is 37.0 Å².